The number of amides is 2. The minimum Gasteiger partial charge on any atom is -0.467 e. The van der Waals surface area contributed by atoms with E-state index < -0.39 is 0 Å². The molecule has 0 aliphatic carbocycles. The fourth-order valence-corrected chi connectivity index (χ4v) is 1.85. The van der Waals surface area contributed by atoms with Gasteiger partial charge >= 0.3 is 6.03 Å². The number of pyridine rings is 1. The number of hydrogen-bond acceptors (Lipinski definition) is 4. The van der Waals surface area contributed by atoms with Gasteiger partial charge in [-0.05, 0) is 30.2 Å². The van der Waals surface area contributed by atoms with Crippen LogP contribution in [-0.4, -0.2) is 24.2 Å². The van der Waals surface area contributed by atoms with Crippen LogP contribution in [-0.2, 0) is 4.74 Å². The predicted molar refractivity (Wildman–Crippen MR) is 83.5 cm³/mol. The van der Waals surface area contributed by atoms with Gasteiger partial charge in [0.2, 0.25) is 0 Å². The Morgan fingerprint density at radius 3 is 2.77 bits per heavy atom. The summed E-state index contributed by atoms with van der Waals surface area (Å²) >= 11 is 0. The van der Waals surface area contributed by atoms with Crippen molar-refractivity contribution in [3.05, 3.63) is 48.6 Å². The van der Waals surface area contributed by atoms with Crippen molar-refractivity contribution in [1.82, 2.24) is 10.3 Å². The average Bonchev–Trinajstić information content (AvgIpc) is 3.01. The van der Waals surface area contributed by atoms with Crippen molar-refractivity contribution in [3.8, 4) is 0 Å². The molecule has 6 nitrogen and oxygen atoms in total. The second kappa shape index (κ2) is 8.19. The van der Waals surface area contributed by atoms with Gasteiger partial charge < -0.3 is 14.5 Å². The maximum absolute atomic E-state index is 12.1. The molecule has 22 heavy (non-hydrogen) atoms. The monoisotopic (exact) mass is 303 g/mol. The van der Waals surface area contributed by atoms with Gasteiger partial charge in [0.15, 0.2) is 0 Å². The van der Waals surface area contributed by atoms with Crippen LogP contribution in [0.25, 0.3) is 0 Å². The molecule has 1 atom stereocenters. The Morgan fingerprint density at radius 1 is 1.27 bits per heavy atom. The molecule has 6 heteroatoms. The summed E-state index contributed by atoms with van der Waals surface area (Å²) in [5, 5.41) is 5.51. The highest BCUT2D eigenvalue weighted by Gasteiger charge is 2.18. The highest BCUT2D eigenvalue weighted by molar-refractivity contribution is 5.88. The van der Waals surface area contributed by atoms with E-state index in [1.807, 2.05) is 6.07 Å². The first-order valence-corrected chi connectivity index (χ1v) is 7.25. The zero-order chi connectivity index (χ0) is 15.8. The molecule has 0 aromatic carbocycles. The number of ether oxygens (including phenoxy) is 1. The molecular formula is C16H21N3O3. The first-order valence-electron chi connectivity index (χ1n) is 7.25. The van der Waals surface area contributed by atoms with E-state index >= 15 is 0 Å². The van der Waals surface area contributed by atoms with E-state index in [0.29, 0.717) is 30.7 Å². The highest BCUT2D eigenvalue weighted by atomic mass is 16.5. The molecule has 2 heterocycles. The summed E-state index contributed by atoms with van der Waals surface area (Å²) in [6, 6.07) is 8.20. The number of urea groups is 1. The average molecular weight is 303 g/mol. The number of rotatable bonds is 7. The van der Waals surface area contributed by atoms with Crippen LogP contribution >= 0.6 is 0 Å². The minimum absolute atomic E-state index is 0.349. The molecule has 0 saturated heterocycles. The van der Waals surface area contributed by atoms with E-state index in [-0.39, 0.29) is 12.1 Å². The zero-order valence-electron chi connectivity index (χ0n) is 12.8. The lowest BCUT2D eigenvalue weighted by Crippen LogP contribution is -2.35. The summed E-state index contributed by atoms with van der Waals surface area (Å²) in [6.45, 7) is 5.12. The number of carbonyl (C=O) groups excluding carboxylic acids is 1. The molecule has 0 aliphatic rings. The first kappa shape index (κ1) is 16.0. The number of furan rings is 1. The predicted octanol–water partition coefficient (Wildman–Crippen LogP) is 3.21. The summed E-state index contributed by atoms with van der Waals surface area (Å²) in [6.07, 6.45) is 3.19. The standard InChI is InChI=1S/C16H21N3O3/c1-12(2)10-21-11-13(14-6-5-9-22-14)18-16(20)19-15-7-3-4-8-17-15/h3-9,12-13H,10-11H2,1-2H3,(H2,17,18,19,20)/t13-/m1/s1. The highest BCUT2D eigenvalue weighted by Crippen LogP contribution is 2.15. The van der Waals surface area contributed by atoms with Crippen LogP contribution in [0.4, 0.5) is 10.6 Å². The van der Waals surface area contributed by atoms with Crippen molar-refractivity contribution in [2.24, 2.45) is 5.92 Å². The first-order chi connectivity index (χ1) is 10.6. The summed E-state index contributed by atoms with van der Waals surface area (Å²) < 4.78 is 11.0. The molecule has 2 aromatic rings. The SMILES string of the molecule is CC(C)COC[C@@H](NC(=O)Nc1ccccn1)c1ccco1. The van der Waals surface area contributed by atoms with Crippen LogP contribution < -0.4 is 10.6 Å². The van der Waals surface area contributed by atoms with E-state index in [0.717, 1.165) is 0 Å². The summed E-state index contributed by atoms with van der Waals surface area (Å²) in [5.74, 6) is 1.57. The third-order valence-electron chi connectivity index (χ3n) is 2.83. The maximum atomic E-state index is 12.1. The molecule has 0 unspecified atom stereocenters. The van der Waals surface area contributed by atoms with E-state index in [9.17, 15) is 4.79 Å². The third-order valence-corrected chi connectivity index (χ3v) is 2.83. The molecule has 2 aromatic heterocycles. The van der Waals surface area contributed by atoms with Crippen molar-refractivity contribution in [1.29, 1.82) is 0 Å². The minimum atomic E-state index is -0.353. The number of aromatic nitrogens is 1. The van der Waals surface area contributed by atoms with Crippen molar-refractivity contribution in [2.45, 2.75) is 19.9 Å². The molecule has 0 bridgehead atoms. The largest absolute Gasteiger partial charge is 0.467 e. The lowest BCUT2D eigenvalue weighted by Gasteiger charge is -2.18. The fraction of sp³-hybridized carbons (Fsp3) is 0.375. The van der Waals surface area contributed by atoms with Gasteiger partial charge in [0.05, 0.1) is 12.9 Å². The molecule has 118 valence electrons. The quantitative estimate of drug-likeness (QED) is 0.823. The van der Waals surface area contributed by atoms with Crippen LogP contribution in [0.15, 0.2) is 47.2 Å². The van der Waals surface area contributed by atoms with E-state index in [1.54, 1.807) is 36.7 Å². The lowest BCUT2D eigenvalue weighted by atomic mass is 10.2. The van der Waals surface area contributed by atoms with E-state index in [1.165, 1.54) is 0 Å². The fourth-order valence-electron chi connectivity index (χ4n) is 1.85. The topological polar surface area (TPSA) is 76.4 Å². The molecule has 0 fully saturated rings. The zero-order valence-corrected chi connectivity index (χ0v) is 12.8. The van der Waals surface area contributed by atoms with Gasteiger partial charge in [0.1, 0.15) is 17.6 Å². The second-order valence-electron chi connectivity index (χ2n) is 5.31. The van der Waals surface area contributed by atoms with Crippen LogP contribution in [0.1, 0.15) is 25.6 Å². The number of hydrogen-bond donors (Lipinski definition) is 2. The Hall–Kier alpha value is -2.34. The van der Waals surface area contributed by atoms with Crippen molar-refractivity contribution >= 4 is 11.8 Å². The maximum Gasteiger partial charge on any atom is 0.321 e. The van der Waals surface area contributed by atoms with E-state index in [4.69, 9.17) is 9.15 Å². The van der Waals surface area contributed by atoms with Gasteiger partial charge in [0, 0.05) is 12.8 Å². The Kier molecular flexibility index (Phi) is 5.97. The Morgan fingerprint density at radius 2 is 2.14 bits per heavy atom. The van der Waals surface area contributed by atoms with E-state index in [2.05, 4.69) is 29.5 Å². The van der Waals surface area contributed by atoms with Gasteiger partial charge in [-0.15, -0.1) is 0 Å². The molecule has 2 amide bonds. The molecule has 0 spiro atoms. The molecule has 2 rings (SSSR count). The summed E-state index contributed by atoms with van der Waals surface area (Å²) in [5.41, 5.74) is 0. The van der Waals surface area contributed by atoms with Gasteiger partial charge in [-0.25, -0.2) is 9.78 Å². The third kappa shape index (κ3) is 5.21. The van der Waals surface area contributed by atoms with Crippen molar-refractivity contribution in [2.75, 3.05) is 18.5 Å². The smallest absolute Gasteiger partial charge is 0.321 e. The van der Waals surface area contributed by atoms with Crippen LogP contribution in [0.2, 0.25) is 0 Å². The van der Waals surface area contributed by atoms with Crippen LogP contribution in [0.5, 0.6) is 0 Å². The van der Waals surface area contributed by atoms with Gasteiger partial charge in [-0.3, -0.25) is 5.32 Å². The molecule has 2 N–H and O–H groups in total. The molecule has 0 radical (unpaired) electrons. The summed E-state index contributed by atoms with van der Waals surface area (Å²) in [4.78, 5) is 16.1. The van der Waals surface area contributed by atoms with Crippen molar-refractivity contribution in [3.63, 3.8) is 0 Å². The Bertz CT molecular complexity index is 555. The molecule has 0 saturated carbocycles. The number of nitrogens with one attached hydrogen (secondary N) is 2. The van der Waals surface area contributed by atoms with Crippen LogP contribution in [0, 0.1) is 5.92 Å². The molecular weight excluding hydrogens is 282 g/mol. The number of nitrogens with zero attached hydrogens (tertiary/aromatic N) is 1. The Balaban J connectivity index is 1.92. The van der Waals surface area contributed by atoms with Gasteiger partial charge in [0.25, 0.3) is 0 Å². The lowest BCUT2D eigenvalue weighted by molar-refractivity contribution is 0.0874. The second-order valence-corrected chi connectivity index (χ2v) is 5.31. The Labute approximate surface area is 129 Å². The van der Waals surface area contributed by atoms with Gasteiger partial charge in [-0.1, -0.05) is 19.9 Å². The number of anilines is 1. The normalized spacial score (nSPS) is 12.1. The van der Waals surface area contributed by atoms with Gasteiger partial charge in [-0.2, -0.15) is 0 Å². The summed E-state index contributed by atoms with van der Waals surface area (Å²) in [7, 11) is 0. The van der Waals surface area contributed by atoms with Crippen molar-refractivity contribution < 1.29 is 13.9 Å². The van der Waals surface area contributed by atoms with Crippen LogP contribution in [0.3, 0.4) is 0 Å². The molecule has 0 aliphatic heterocycles. The number of carbonyl (C=O) groups is 1.